The van der Waals surface area contributed by atoms with E-state index >= 15 is 0 Å². The number of phenols is 1. The van der Waals surface area contributed by atoms with Crippen molar-refractivity contribution >= 4 is 0 Å². The molecule has 16 heavy (non-hydrogen) atoms. The van der Waals surface area contributed by atoms with Crippen LogP contribution < -0.4 is 4.74 Å². The first-order chi connectivity index (χ1) is 7.81. The van der Waals surface area contributed by atoms with Gasteiger partial charge in [-0.15, -0.1) is 0 Å². The van der Waals surface area contributed by atoms with Gasteiger partial charge in [0.1, 0.15) is 0 Å². The summed E-state index contributed by atoms with van der Waals surface area (Å²) in [6, 6.07) is 5.77. The Hall–Kier alpha value is -1.18. The molecule has 0 amide bonds. The van der Waals surface area contributed by atoms with Crippen molar-refractivity contribution < 1.29 is 9.84 Å². The Balaban J connectivity index is 2.08. The summed E-state index contributed by atoms with van der Waals surface area (Å²) < 4.78 is 5.88. The lowest BCUT2D eigenvalue weighted by Crippen LogP contribution is -2.19. The first-order valence-electron chi connectivity index (χ1n) is 6.28. The van der Waals surface area contributed by atoms with Crippen molar-refractivity contribution in [3.63, 3.8) is 0 Å². The summed E-state index contributed by atoms with van der Waals surface area (Å²) in [4.78, 5) is 0. The first kappa shape index (κ1) is 11.3. The van der Waals surface area contributed by atoms with E-state index in [0.717, 1.165) is 24.8 Å². The van der Waals surface area contributed by atoms with Crippen molar-refractivity contribution in [3.8, 4) is 11.5 Å². The van der Waals surface area contributed by atoms with E-state index in [2.05, 4.69) is 0 Å². The van der Waals surface area contributed by atoms with Crippen LogP contribution in [-0.2, 0) is 6.42 Å². The Morgan fingerprint density at radius 2 is 2.00 bits per heavy atom. The third kappa shape index (κ3) is 2.49. The quantitative estimate of drug-likeness (QED) is 0.842. The molecule has 88 valence electrons. The Morgan fingerprint density at radius 3 is 2.69 bits per heavy atom. The molecular formula is C14H20O2. The van der Waals surface area contributed by atoms with Gasteiger partial charge < -0.3 is 9.84 Å². The molecule has 0 atom stereocenters. The summed E-state index contributed by atoms with van der Waals surface area (Å²) in [5.74, 6) is 0.988. The van der Waals surface area contributed by atoms with Gasteiger partial charge in [-0.2, -0.15) is 0 Å². The Kier molecular flexibility index (Phi) is 3.70. The van der Waals surface area contributed by atoms with Gasteiger partial charge in [0.2, 0.25) is 0 Å². The monoisotopic (exact) mass is 220 g/mol. The van der Waals surface area contributed by atoms with E-state index in [-0.39, 0.29) is 0 Å². The molecule has 0 saturated heterocycles. The van der Waals surface area contributed by atoms with Gasteiger partial charge in [-0.25, -0.2) is 0 Å². The smallest absolute Gasteiger partial charge is 0.161 e. The molecule has 1 aromatic carbocycles. The molecule has 0 spiro atoms. The number of benzene rings is 1. The van der Waals surface area contributed by atoms with Crippen LogP contribution in [0.3, 0.4) is 0 Å². The predicted octanol–water partition coefficient (Wildman–Crippen LogP) is 3.67. The first-order valence-corrected chi connectivity index (χ1v) is 6.28. The standard InChI is InChI=1S/C14H20O2/c1-2-11-7-6-10-13(14(11)15)16-12-8-4-3-5-9-12/h6-7,10,12,15H,2-5,8-9H2,1H3. The Bertz CT molecular complexity index is 341. The number of ether oxygens (including phenoxy) is 1. The number of phenolic OH excluding ortho intramolecular Hbond substituents is 1. The van der Waals surface area contributed by atoms with E-state index in [1.165, 1.54) is 19.3 Å². The fraction of sp³-hybridized carbons (Fsp3) is 0.571. The molecule has 0 unspecified atom stereocenters. The molecule has 0 aliphatic heterocycles. The average Bonchev–Trinajstić information content (AvgIpc) is 2.33. The van der Waals surface area contributed by atoms with Crippen molar-refractivity contribution in [1.29, 1.82) is 0 Å². The SMILES string of the molecule is CCc1cccc(OC2CCCCC2)c1O. The summed E-state index contributed by atoms with van der Waals surface area (Å²) in [6.45, 7) is 2.04. The van der Waals surface area contributed by atoms with Crippen LogP contribution in [0.25, 0.3) is 0 Å². The fourth-order valence-electron chi connectivity index (χ4n) is 2.31. The molecule has 1 saturated carbocycles. The van der Waals surface area contributed by atoms with Crippen LogP contribution in [0.15, 0.2) is 18.2 Å². The average molecular weight is 220 g/mol. The molecule has 0 heterocycles. The molecule has 2 heteroatoms. The molecule has 0 radical (unpaired) electrons. The number of aryl methyl sites for hydroxylation is 1. The lowest BCUT2D eigenvalue weighted by molar-refractivity contribution is 0.150. The fourth-order valence-corrected chi connectivity index (χ4v) is 2.31. The van der Waals surface area contributed by atoms with E-state index in [9.17, 15) is 5.11 Å². The number of para-hydroxylation sites is 1. The molecule has 2 nitrogen and oxygen atoms in total. The topological polar surface area (TPSA) is 29.5 Å². The van der Waals surface area contributed by atoms with Gasteiger partial charge in [0, 0.05) is 0 Å². The van der Waals surface area contributed by atoms with Crippen molar-refractivity contribution in [2.45, 2.75) is 51.6 Å². The highest BCUT2D eigenvalue weighted by molar-refractivity contribution is 5.45. The van der Waals surface area contributed by atoms with Crippen molar-refractivity contribution in [3.05, 3.63) is 23.8 Å². The van der Waals surface area contributed by atoms with Gasteiger partial charge in [0.05, 0.1) is 6.10 Å². The van der Waals surface area contributed by atoms with E-state index < -0.39 is 0 Å². The molecule has 1 aliphatic rings. The number of hydrogen-bond donors (Lipinski definition) is 1. The molecule has 1 fully saturated rings. The normalized spacial score (nSPS) is 17.3. The van der Waals surface area contributed by atoms with Crippen LogP contribution in [0.4, 0.5) is 0 Å². The van der Waals surface area contributed by atoms with Crippen LogP contribution in [0.5, 0.6) is 11.5 Å². The van der Waals surface area contributed by atoms with Crippen LogP contribution in [0.2, 0.25) is 0 Å². The van der Waals surface area contributed by atoms with Crippen LogP contribution in [0, 0.1) is 0 Å². The third-order valence-corrected chi connectivity index (χ3v) is 3.31. The van der Waals surface area contributed by atoms with Gasteiger partial charge in [-0.05, 0) is 43.7 Å². The Morgan fingerprint density at radius 1 is 1.25 bits per heavy atom. The molecule has 0 bridgehead atoms. The molecule has 0 aromatic heterocycles. The maximum atomic E-state index is 9.99. The van der Waals surface area contributed by atoms with Gasteiger partial charge in [-0.3, -0.25) is 0 Å². The lowest BCUT2D eigenvalue weighted by Gasteiger charge is -2.23. The van der Waals surface area contributed by atoms with E-state index in [4.69, 9.17) is 4.74 Å². The van der Waals surface area contributed by atoms with Crippen molar-refractivity contribution in [2.24, 2.45) is 0 Å². The van der Waals surface area contributed by atoms with Gasteiger partial charge >= 0.3 is 0 Å². The van der Waals surface area contributed by atoms with Gasteiger partial charge in [0.25, 0.3) is 0 Å². The van der Waals surface area contributed by atoms with Crippen LogP contribution in [0.1, 0.15) is 44.6 Å². The van der Waals surface area contributed by atoms with Crippen LogP contribution in [-0.4, -0.2) is 11.2 Å². The minimum atomic E-state index is 0.298. The van der Waals surface area contributed by atoms with Gasteiger partial charge in [-0.1, -0.05) is 25.5 Å². The largest absolute Gasteiger partial charge is 0.504 e. The molecular weight excluding hydrogens is 200 g/mol. The minimum Gasteiger partial charge on any atom is -0.504 e. The molecule has 1 aromatic rings. The highest BCUT2D eigenvalue weighted by Crippen LogP contribution is 2.33. The molecule has 2 rings (SSSR count). The third-order valence-electron chi connectivity index (χ3n) is 3.31. The maximum absolute atomic E-state index is 9.99. The second-order valence-corrected chi connectivity index (χ2v) is 4.50. The number of aromatic hydroxyl groups is 1. The van der Waals surface area contributed by atoms with E-state index in [1.807, 2.05) is 25.1 Å². The zero-order valence-electron chi connectivity index (χ0n) is 9.91. The highest BCUT2D eigenvalue weighted by atomic mass is 16.5. The lowest BCUT2D eigenvalue weighted by atomic mass is 9.98. The number of hydrogen-bond acceptors (Lipinski definition) is 2. The molecule has 1 N–H and O–H groups in total. The van der Waals surface area contributed by atoms with Crippen molar-refractivity contribution in [1.82, 2.24) is 0 Å². The summed E-state index contributed by atoms with van der Waals surface area (Å²) in [7, 11) is 0. The summed E-state index contributed by atoms with van der Waals surface area (Å²) in [6.07, 6.45) is 7.20. The zero-order valence-corrected chi connectivity index (χ0v) is 9.91. The highest BCUT2D eigenvalue weighted by Gasteiger charge is 2.17. The summed E-state index contributed by atoms with van der Waals surface area (Å²) in [5, 5.41) is 9.99. The summed E-state index contributed by atoms with van der Waals surface area (Å²) in [5.41, 5.74) is 0.966. The second-order valence-electron chi connectivity index (χ2n) is 4.50. The Labute approximate surface area is 97.3 Å². The van der Waals surface area contributed by atoms with Crippen LogP contribution >= 0.6 is 0 Å². The van der Waals surface area contributed by atoms with Gasteiger partial charge in [0.15, 0.2) is 11.5 Å². The summed E-state index contributed by atoms with van der Waals surface area (Å²) >= 11 is 0. The van der Waals surface area contributed by atoms with E-state index in [0.29, 0.717) is 17.6 Å². The van der Waals surface area contributed by atoms with Crippen molar-refractivity contribution in [2.75, 3.05) is 0 Å². The molecule has 1 aliphatic carbocycles. The van der Waals surface area contributed by atoms with E-state index in [1.54, 1.807) is 0 Å². The predicted molar refractivity (Wildman–Crippen MR) is 65.0 cm³/mol. The minimum absolute atomic E-state index is 0.298. The maximum Gasteiger partial charge on any atom is 0.161 e. The number of rotatable bonds is 3. The zero-order chi connectivity index (χ0) is 11.4. The second kappa shape index (κ2) is 5.24.